The van der Waals surface area contributed by atoms with Crippen molar-refractivity contribution in [1.29, 1.82) is 0 Å². The number of carbonyl (C=O) groups is 2. The van der Waals surface area contributed by atoms with Crippen molar-refractivity contribution in [2.45, 2.75) is 18.4 Å². The highest BCUT2D eigenvalue weighted by Gasteiger charge is 2.33. The van der Waals surface area contributed by atoms with Crippen LogP contribution >= 0.6 is 0 Å². The van der Waals surface area contributed by atoms with Crippen molar-refractivity contribution in [2.75, 3.05) is 11.4 Å². The van der Waals surface area contributed by atoms with Gasteiger partial charge in [0.05, 0.1) is 5.69 Å². The number of aliphatic carboxylic acids is 1. The third-order valence-electron chi connectivity index (χ3n) is 3.16. The number of rotatable bonds is 3. The molecule has 1 aliphatic heterocycles. The maximum Gasteiger partial charge on any atom is 0.411 e. The number of hydrogen-bond acceptors (Lipinski definition) is 3. The second-order valence-electron chi connectivity index (χ2n) is 4.33. The predicted molar refractivity (Wildman–Crippen MR) is 64.8 cm³/mol. The van der Waals surface area contributed by atoms with Crippen LogP contribution in [0.3, 0.4) is 0 Å². The molecule has 0 fully saturated rings. The molecule has 1 heterocycles. The zero-order valence-corrected chi connectivity index (χ0v) is 9.61. The molecule has 6 heteroatoms. The van der Waals surface area contributed by atoms with Crippen LogP contribution in [0, 0.1) is 0 Å². The molecule has 0 saturated heterocycles. The molecule has 0 aliphatic carbocycles. The van der Waals surface area contributed by atoms with Crippen molar-refractivity contribution < 1.29 is 19.8 Å². The van der Waals surface area contributed by atoms with E-state index in [1.165, 1.54) is 4.90 Å². The van der Waals surface area contributed by atoms with Gasteiger partial charge < -0.3 is 15.9 Å². The molecule has 0 saturated carbocycles. The Labute approximate surface area is 104 Å². The van der Waals surface area contributed by atoms with Crippen molar-refractivity contribution in [3.05, 3.63) is 29.8 Å². The van der Waals surface area contributed by atoms with Gasteiger partial charge in [-0.1, -0.05) is 18.2 Å². The number of anilines is 1. The number of para-hydroxylation sites is 1. The van der Waals surface area contributed by atoms with E-state index in [-0.39, 0.29) is 18.9 Å². The van der Waals surface area contributed by atoms with Crippen LogP contribution in [0.1, 0.15) is 17.9 Å². The molecule has 0 radical (unpaired) electrons. The van der Waals surface area contributed by atoms with E-state index in [2.05, 4.69) is 0 Å². The molecule has 0 spiro atoms. The lowest BCUT2D eigenvalue weighted by molar-refractivity contribution is -0.138. The Hall–Kier alpha value is -2.08. The molecule has 2 atom stereocenters. The van der Waals surface area contributed by atoms with Crippen LogP contribution in [0.5, 0.6) is 0 Å². The second kappa shape index (κ2) is 4.66. The van der Waals surface area contributed by atoms with Gasteiger partial charge in [-0.3, -0.25) is 9.69 Å². The summed E-state index contributed by atoms with van der Waals surface area (Å²) in [6.07, 6.45) is -0.801. The smallest absolute Gasteiger partial charge is 0.411 e. The van der Waals surface area contributed by atoms with Crippen LogP contribution in [-0.4, -0.2) is 34.9 Å². The first-order chi connectivity index (χ1) is 8.50. The fraction of sp³-hybridized carbons (Fsp3) is 0.333. The first-order valence-electron chi connectivity index (χ1n) is 5.58. The second-order valence-corrected chi connectivity index (χ2v) is 4.33. The van der Waals surface area contributed by atoms with Crippen LogP contribution in [-0.2, 0) is 4.79 Å². The van der Waals surface area contributed by atoms with Gasteiger partial charge in [0.2, 0.25) is 0 Å². The summed E-state index contributed by atoms with van der Waals surface area (Å²) >= 11 is 0. The Bertz CT molecular complexity index is 487. The largest absolute Gasteiger partial charge is 0.480 e. The van der Waals surface area contributed by atoms with Gasteiger partial charge in [-0.2, -0.15) is 0 Å². The summed E-state index contributed by atoms with van der Waals surface area (Å²) in [4.78, 5) is 23.1. The zero-order valence-electron chi connectivity index (χ0n) is 9.61. The van der Waals surface area contributed by atoms with Gasteiger partial charge in [0.1, 0.15) is 6.04 Å². The summed E-state index contributed by atoms with van der Waals surface area (Å²) in [7, 11) is 0. The summed E-state index contributed by atoms with van der Waals surface area (Å²) in [5.41, 5.74) is 6.97. The topological polar surface area (TPSA) is 104 Å². The highest BCUT2D eigenvalue weighted by molar-refractivity contribution is 5.89. The quantitative estimate of drug-likeness (QED) is 0.744. The Morgan fingerprint density at radius 2 is 2.06 bits per heavy atom. The number of hydrogen-bond donors (Lipinski definition) is 3. The number of benzene rings is 1. The van der Waals surface area contributed by atoms with Crippen LogP contribution in [0.25, 0.3) is 0 Å². The fourth-order valence-electron chi connectivity index (χ4n) is 2.29. The minimum absolute atomic E-state index is 0.164. The standard InChI is InChI=1S/C12H14N2O4/c13-9(11(15)16)5-7-6-14(12(17)18)10-4-2-1-3-8(7)10/h1-4,7,9H,5-6,13H2,(H,15,16)(H,17,18). The lowest BCUT2D eigenvalue weighted by atomic mass is 9.94. The summed E-state index contributed by atoms with van der Waals surface area (Å²) in [6.45, 7) is 0.260. The molecule has 6 nitrogen and oxygen atoms in total. The molecule has 1 amide bonds. The van der Waals surface area contributed by atoms with Crippen molar-refractivity contribution in [3.63, 3.8) is 0 Å². The molecule has 18 heavy (non-hydrogen) atoms. The molecule has 0 aromatic heterocycles. The van der Waals surface area contributed by atoms with E-state index in [0.29, 0.717) is 5.69 Å². The minimum Gasteiger partial charge on any atom is -0.480 e. The normalized spacial score (nSPS) is 19.4. The monoisotopic (exact) mass is 250 g/mol. The Morgan fingerprint density at radius 1 is 1.39 bits per heavy atom. The van der Waals surface area contributed by atoms with E-state index in [9.17, 15) is 9.59 Å². The molecule has 4 N–H and O–H groups in total. The Morgan fingerprint density at radius 3 is 2.67 bits per heavy atom. The number of nitrogens with two attached hydrogens (primary N) is 1. The summed E-state index contributed by atoms with van der Waals surface area (Å²) in [5.74, 6) is -1.23. The number of amides is 1. The minimum atomic E-state index is -1.07. The van der Waals surface area contributed by atoms with Crippen LogP contribution < -0.4 is 10.6 Å². The van der Waals surface area contributed by atoms with E-state index < -0.39 is 18.1 Å². The van der Waals surface area contributed by atoms with E-state index >= 15 is 0 Å². The van der Waals surface area contributed by atoms with Gasteiger partial charge in [0.25, 0.3) is 0 Å². The highest BCUT2D eigenvalue weighted by atomic mass is 16.4. The van der Waals surface area contributed by atoms with Crippen molar-refractivity contribution in [3.8, 4) is 0 Å². The van der Waals surface area contributed by atoms with E-state index in [0.717, 1.165) is 5.56 Å². The Balaban J connectivity index is 2.25. The lowest BCUT2D eigenvalue weighted by Gasteiger charge is -2.14. The predicted octanol–water partition coefficient (Wildman–Crippen LogP) is 1.07. The average molecular weight is 250 g/mol. The number of nitrogens with zero attached hydrogens (tertiary/aromatic N) is 1. The molecule has 0 bridgehead atoms. The van der Waals surface area contributed by atoms with E-state index in [4.69, 9.17) is 15.9 Å². The number of carboxylic acids is 1. The maximum absolute atomic E-state index is 11.1. The molecular weight excluding hydrogens is 236 g/mol. The van der Waals surface area contributed by atoms with Crippen molar-refractivity contribution in [2.24, 2.45) is 5.73 Å². The SMILES string of the molecule is NC(CC1CN(C(=O)O)c2ccccc21)C(=O)O. The van der Waals surface area contributed by atoms with Gasteiger partial charge in [-0.25, -0.2) is 4.79 Å². The molecular formula is C12H14N2O4. The van der Waals surface area contributed by atoms with E-state index in [1.54, 1.807) is 12.1 Å². The Kier molecular flexibility index (Phi) is 3.20. The highest BCUT2D eigenvalue weighted by Crippen LogP contribution is 2.38. The van der Waals surface area contributed by atoms with Gasteiger partial charge in [-0.15, -0.1) is 0 Å². The van der Waals surface area contributed by atoms with Gasteiger partial charge >= 0.3 is 12.1 Å². The first-order valence-corrected chi connectivity index (χ1v) is 5.58. The molecule has 2 unspecified atom stereocenters. The summed E-state index contributed by atoms with van der Waals surface area (Å²) in [6, 6.07) is 6.13. The third kappa shape index (κ3) is 2.14. The molecule has 2 rings (SSSR count). The third-order valence-corrected chi connectivity index (χ3v) is 3.16. The van der Waals surface area contributed by atoms with Crippen molar-refractivity contribution in [1.82, 2.24) is 0 Å². The van der Waals surface area contributed by atoms with Crippen LogP contribution in [0.4, 0.5) is 10.5 Å². The van der Waals surface area contributed by atoms with Crippen LogP contribution in [0.2, 0.25) is 0 Å². The van der Waals surface area contributed by atoms with Gasteiger partial charge in [-0.05, 0) is 18.1 Å². The molecule has 1 aromatic carbocycles. The van der Waals surface area contributed by atoms with Gasteiger partial charge in [0.15, 0.2) is 0 Å². The summed E-state index contributed by atoms with van der Waals surface area (Å²) in [5, 5.41) is 17.9. The maximum atomic E-state index is 11.1. The lowest BCUT2D eigenvalue weighted by Crippen LogP contribution is -2.34. The first kappa shape index (κ1) is 12.4. The number of carboxylic acid groups (broad SMARTS) is 2. The molecule has 96 valence electrons. The molecule has 1 aliphatic rings. The number of fused-ring (bicyclic) bond motifs is 1. The van der Waals surface area contributed by atoms with Crippen molar-refractivity contribution >= 4 is 17.7 Å². The van der Waals surface area contributed by atoms with E-state index in [1.807, 2.05) is 12.1 Å². The summed E-state index contributed by atoms with van der Waals surface area (Å²) < 4.78 is 0. The molecule has 1 aromatic rings. The van der Waals surface area contributed by atoms with Gasteiger partial charge in [0, 0.05) is 12.5 Å². The van der Waals surface area contributed by atoms with Crippen LogP contribution in [0.15, 0.2) is 24.3 Å². The fourth-order valence-corrected chi connectivity index (χ4v) is 2.29. The zero-order chi connectivity index (χ0) is 13.3. The average Bonchev–Trinajstić information content (AvgIpc) is 2.68.